The Hall–Kier alpha value is -2.24. The molecule has 1 amide bonds. The maximum atomic E-state index is 12.3. The van der Waals surface area contributed by atoms with Crippen LogP contribution in [0.5, 0.6) is 5.75 Å². The fourth-order valence-corrected chi connectivity index (χ4v) is 2.57. The molecule has 2 aromatic carbocycles. The van der Waals surface area contributed by atoms with Gasteiger partial charge in [0.05, 0.1) is 23.4 Å². The highest BCUT2D eigenvalue weighted by molar-refractivity contribution is 6.36. The van der Waals surface area contributed by atoms with Crippen LogP contribution in [0.4, 0.5) is 5.69 Å². The number of halogens is 2. The van der Waals surface area contributed by atoms with Crippen LogP contribution in [0.15, 0.2) is 36.4 Å². The van der Waals surface area contributed by atoms with Crippen molar-refractivity contribution < 1.29 is 19.1 Å². The van der Waals surface area contributed by atoms with Crippen molar-refractivity contribution in [1.82, 2.24) is 0 Å². The van der Waals surface area contributed by atoms with Crippen LogP contribution in [0.3, 0.4) is 0 Å². The number of esters is 1. The lowest BCUT2D eigenvalue weighted by molar-refractivity contribution is -0.123. The van der Waals surface area contributed by atoms with Gasteiger partial charge in [-0.2, -0.15) is 0 Å². The van der Waals surface area contributed by atoms with Crippen LogP contribution in [-0.4, -0.2) is 25.1 Å². The maximum absolute atomic E-state index is 12.3. The van der Waals surface area contributed by atoms with Gasteiger partial charge in [-0.25, -0.2) is 4.79 Å². The molecule has 0 aromatic heterocycles. The van der Waals surface area contributed by atoms with E-state index in [0.717, 1.165) is 5.56 Å². The van der Waals surface area contributed by atoms with Crippen molar-refractivity contribution in [3.05, 3.63) is 57.6 Å². The molecule has 0 bridgehead atoms. The van der Waals surface area contributed by atoms with Gasteiger partial charge in [0.1, 0.15) is 5.75 Å². The summed E-state index contributed by atoms with van der Waals surface area (Å²) in [5.74, 6) is -0.680. The average Bonchev–Trinajstić information content (AvgIpc) is 2.54. The highest BCUT2D eigenvalue weighted by atomic mass is 35.5. The summed E-state index contributed by atoms with van der Waals surface area (Å²) in [7, 11) is 1.51. The fraction of sp³-hybridized carbons (Fsp3) is 0.222. The maximum Gasteiger partial charge on any atom is 0.340 e. The molecule has 0 aliphatic carbocycles. The minimum Gasteiger partial charge on any atom is -0.495 e. The van der Waals surface area contributed by atoms with E-state index < -0.39 is 18.0 Å². The van der Waals surface area contributed by atoms with Crippen LogP contribution >= 0.6 is 23.2 Å². The van der Waals surface area contributed by atoms with Gasteiger partial charge in [0.2, 0.25) is 0 Å². The van der Waals surface area contributed by atoms with Gasteiger partial charge in [-0.15, -0.1) is 0 Å². The molecule has 5 nitrogen and oxygen atoms in total. The Kier molecular flexibility index (Phi) is 6.28. The molecule has 0 fully saturated rings. The molecular weight excluding hydrogens is 365 g/mol. The van der Waals surface area contributed by atoms with Gasteiger partial charge in [0.25, 0.3) is 5.91 Å². The molecule has 0 saturated heterocycles. The minimum absolute atomic E-state index is 0.138. The van der Waals surface area contributed by atoms with Crippen molar-refractivity contribution >= 4 is 40.8 Å². The first kappa shape index (κ1) is 19.1. The summed E-state index contributed by atoms with van der Waals surface area (Å²) in [4.78, 5) is 24.5. The zero-order valence-electron chi connectivity index (χ0n) is 13.9. The molecule has 0 heterocycles. The Bertz CT molecular complexity index is 808. The highest BCUT2D eigenvalue weighted by Crippen LogP contribution is 2.26. The van der Waals surface area contributed by atoms with E-state index in [1.165, 1.54) is 32.2 Å². The predicted octanol–water partition coefficient (Wildman–Crippen LogP) is 4.49. The molecule has 2 rings (SSSR count). The number of rotatable bonds is 5. The number of benzene rings is 2. The van der Waals surface area contributed by atoms with E-state index in [1.807, 2.05) is 13.0 Å². The first-order valence-corrected chi connectivity index (χ1v) is 8.19. The summed E-state index contributed by atoms with van der Waals surface area (Å²) < 4.78 is 10.4. The Morgan fingerprint density at radius 1 is 1.12 bits per heavy atom. The molecule has 7 heteroatoms. The van der Waals surface area contributed by atoms with E-state index in [1.54, 1.807) is 12.1 Å². The van der Waals surface area contributed by atoms with Crippen LogP contribution in [0.2, 0.25) is 10.0 Å². The van der Waals surface area contributed by atoms with E-state index in [4.69, 9.17) is 32.7 Å². The molecule has 0 saturated carbocycles. The number of carbonyl (C=O) groups excluding carboxylic acids is 2. The van der Waals surface area contributed by atoms with E-state index >= 15 is 0 Å². The first-order valence-electron chi connectivity index (χ1n) is 7.43. The molecule has 25 heavy (non-hydrogen) atoms. The summed E-state index contributed by atoms with van der Waals surface area (Å²) in [5, 5.41) is 3.25. The summed E-state index contributed by atoms with van der Waals surface area (Å²) in [5.41, 5.74) is 1.59. The first-order chi connectivity index (χ1) is 11.8. The third kappa shape index (κ3) is 4.87. The number of methoxy groups -OCH3 is 1. The van der Waals surface area contributed by atoms with Crippen LogP contribution in [-0.2, 0) is 9.53 Å². The zero-order valence-corrected chi connectivity index (χ0v) is 15.4. The van der Waals surface area contributed by atoms with Gasteiger partial charge in [-0.3, -0.25) is 4.79 Å². The van der Waals surface area contributed by atoms with Crippen LogP contribution in [0, 0.1) is 6.92 Å². The second kappa shape index (κ2) is 8.23. The quantitative estimate of drug-likeness (QED) is 0.774. The SMILES string of the molecule is COc1ccc(C)cc1NC(=O)[C@H](C)OC(=O)c1ccc(Cl)cc1Cl. The monoisotopic (exact) mass is 381 g/mol. The number of amides is 1. The molecule has 0 unspecified atom stereocenters. The fourth-order valence-electron chi connectivity index (χ4n) is 2.09. The third-order valence-corrected chi connectivity index (χ3v) is 3.96. The number of aryl methyl sites for hydroxylation is 1. The molecule has 132 valence electrons. The van der Waals surface area contributed by atoms with Crippen LogP contribution in [0.1, 0.15) is 22.8 Å². The number of ether oxygens (including phenoxy) is 2. The molecule has 0 aliphatic heterocycles. The lowest BCUT2D eigenvalue weighted by Gasteiger charge is -2.16. The van der Waals surface area contributed by atoms with E-state index in [0.29, 0.717) is 16.5 Å². The van der Waals surface area contributed by atoms with Crippen LogP contribution in [0.25, 0.3) is 0 Å². The predicted molar refractivity (Wildman–Crippen MR) is 97.7 cm³/mol. The molecule has 0 radical (unpaired) electrons. The molecule has 0 spiro atoms. The van der Waals surface area contributed by atoms with E-state index in [-0.39, 0.29) is 10.6 Å². The van der Waals surface area contributed by atoms with Gasteiger partial charge >= 0.3 is 5.97 Å². The van der Waals surface area contributed by atoms with Crippen molar-refractivity contribution in [1.29, 1.82) is 0 Å². The minimum atomic E-state index is -1.02. The molecule has 1 atom stereocenters. The number of hydrogen-bond donors (Lipinski definition) is 1. The summed E-state index contributed by atoms with van der Waals surface area (Å²) in [6.07, 6.45) is -1.02. The second-order valence-electron chi connectivity index (χ2n) is 5.36. The number of carbonyl (C=O) groups is 2. The van der Waals surface area contributed by atoms with Crippen molar-refractivity contribution in [2.24, 2.45) is 0 Å². The Morgan fingerprint density at radius 2 is 1.84 bits per heavy atom. The number of anilines is 1. The standard InChI is InChI=1S/C18H17Cl2NO4/c1-10-4-7-16(24-3)15(8-10)21-17(22)11(2)25-18(23)13-6-5-12(19)9-14(13)20/h4-9,11H,1-3H3,(H,21,22)/t11-/m0/s1. The van der Waals surface area contributed by atoms with Gasteiger partial charge in [0.15, 0.2) is 6.10 Å². The van der Waals surface area contributed by atoms with Crippen molar-refractivity contribution in [2.45, 2.75) is 20.0 Å². The van der Waals surface area contributed by atoms with Gasteiger partial charge < -0.3 is 14.8 Å². The Labute approximate surface area is 155 Å². The smallest absolute Gasteiger partial charge is 0.340 e. The Morgan fingerprint density at radius 3 is 2.48 bits per heavy atom. The largest absolute Gasteiger partial charge is 0.495 e. The third-order valence-electron chi connectivity index (χ3n) is 3.42. The topological polar surface area (TPSA) is 64.6 Å². The zero-order chi connectivity index (χ0) is 18.6. The summed E-state index contributed by atoms with van der Waals surface area (Å²) >= 11 is 11.8. The number of hydrogen-bond acceptors (Lipinski definition) is 4. The normalized spacial score (nSPS) is 11.6. The summed E-state index contributed by atoms with van der Waals surface area (Å²) in [6, 6.07) is 9.77. The lowest BCUT2D eigenvalue weighted by atomic mass is 10.2. The molecular formula is C18H17Cl2NO4. The lowest BCUT2D eigenvalue weighted by Crippen LogP contribution is -2.30. The molecule has 1 N–H and O–H groups in total. The number of nitrogens with one attached hydrogen (secondary N) is 1. The van der Waals surface area contributed by atoms with Gasteiger partial charge in [-0.1, -0.05) is 29.3 Å². The highest BCUT2D eigenvalue weighted by Gasteiger charge is 2.21. The molecule has 0 aliphatic rings. The molecule has 2 aromatic rings. The second-order valence-corrected chi connectivity index (χ2v) is 6.21. The van der Waals surface area contributed by atoms with Gasteiger partial charge in [-0.05, 0) is 49.7 Å². The van der Waals surface area contributed by atoms with E-state index in [2.05, 4.69) is 5.32 Å². The van der Waals surface area contributed by atoms with Crippen molar-refractivity contribution in [3.8, 4) is 5.75 Å². The van der Waals surface area contributed by atoms with Crippen LogP contribution < -0.4 is 10.1 Å². The average molecular weight is 382 g/mol. The van der Waals surface area contributed by atoms with Crippen molar-refractivity contribution in [3.63, 3.8) is 0 Å². The van der Waals surface area contributed by atoms with Gasteiger partial charge in [0, 0.05) is 5.02 Å². The van der Waals surface area contributed by atoms with E-state index in [9.17, 15) is 9.59 Å². The van der Waals surface area contributed by atoms with Crippen molar-refractivity contribution in [2.75, 3.05) is 12.4 Å². The summed E-state index contributed by atoms with van der Waals surface area (Å²) in [6.45, 7) is 3.36. The Balaban J connectivity index is 2.07.